The first-order valence-electron chi connectivity index (χ1n) is 7.33. The lowest BCUT2D eigenvalue weighted by Gasteiger charge is -2.10. The Kier molecular flexibility index (Phi) is 5.71. The Hall–Kier alpha value is -1.63. The molecule has 124 valence electrons. The molecule has 2 amide bonds. The van der Waals surface area contributed by atoms with Gasteiger partial charge in [0.2, 0.25) is 0 Å². The van der Waals surface area contributed by atoms with Gasteiger partial charge in [0.25, 0.3) is 11.8 Å². The predicted octanol–water partition coefficient (Wildman–Crippen LogP) is 3.89. The second-order valence-electron chi connectivity index (χ2n) is 5.08. The Labute approximate surface area is 153 Å². The maximum absolute atomic E-state index is 12.1. The van der Waals surface area contributed by atoms with Gasteiger partial charge >= 0.3 is 0 Å². The number of benzene rings is 2. The molecule has 2 aromatic rings. The monoisotopic (exact) mass is 378 g/mol. The molecule has 0 aliphatic carbocycles. The molecular formula is C17H15ClN2O2S2. The molecule has 0 spiro atoms. The van der Waals surface area contributed by atoms with Crippen molar-refractivity contribution in [2.45, 2.75) is 4.58 Å². The predicted molar refractivity (Wildman–Crippen MR) is 100 cm³/mol. The van der Waals surface area contributed by atoms with Crippen molar-refractivity contribution in [3.63, 3.8) is 0 Å². The minimum absolute atomic E-state index is 0.310. The third-order valence-corrected chi connectivity index (χ3v) is 6.91. The lowest BCUT2D eigenvalue weighted by atomic mass is 10.1. The van der Waals surface area contributed by atoms with Crippen molar-refractivity contribution in [1.82, 2.24) is 10.9 Å². The fourth-order valence-electron chi connectivity index (χ4n) is 2.24. The molecule has 1 aliphatic rings. The fourth-order valence-corrected chi connectivity index (χ4v) is 5.32. The van der Waals surface area contributed by atoms with Crippen molar-refractivity contribution < 1.29 is 9.59 Å². The van der Waals surface area contributed by atoms with Crippen LogP contribution in [0.3, 0.4) is 0 Å². The molecule has 3 rings (SSSR count). The molecule has 0 aromatic heterocycles. The van der Waals surface area contributed by atoms with E-state index >= 15 is 0 Å². The normalized spacial score (nSPS) is 14.4. The van der Waals surface area contributed by atoms with Gasteiger partial charge in [-0.25, -0.2) is 0 Å². The Morgan fingerprint density at radius 1 is 0.917 bits per heavy atom. The summed E-state index contributed by atoms with van der Waals surface area (Å²) in [6.45, 7) is 0. The van der Waals surface area contributed by atoms with Gasteiger partial charge < -0.3 is 0 Å². The van der Waals surface area contributed by atoms with Crippen molar-refractivity contribution >= 4 is 46.9 Å². The van der Waals surface area contributed by atoms with E-state index < -0.39 is 5.91 Å². The molecule has 1 aliphatic heterocycles. The van der Waals surface area contributed by atoms with Crippen LogP contribution in [0, 0.1) is 0 Å². The van der Waals surface area contributed by atoms with Gasteiger partial charge in [-0.15, -0.1) is 23.5 Å². The molecule has 7 heteroatoms. The summed E-state index contributed by atoms with van der Waals surface area (Å²) in [4.78, 5) is 24.1. The Bertz CT molecular complexity index is 747. The van der Waals surface area contributed by atoms with E-state index in [2.05, 4.69) is 10.9 Å². The summed E-state index contributed by atoms with van der Waals surface area (Å²) in [6.07, 6.45) is 0. The van der Waals surface area contributed by atoms with Crippen molar-refractivity contribution in [3.8, 4) is 0 Å². The summed E-state index contributed by atoms with van der Waals surface area (Å²) in [6, 6.07) is 14.1. The number of carbonyl (C=O) groups excluding carboxylic acids is 2. The number of hydrazine groups is 1. The Morgan fingerprint density at radius 3 is 2.21 bits per heavy atom. The number of hydrogen-bond donors (Lipinski definition) is 2. The smallest absolute Gasteiger partial charge is 0.267 e. The van der Waals surface area contributed by atoms with Crippen LogP contribution in [0.1, 0.15) is 30.9 Å². The molecule has 1 fully saturated rings. The average Bonchev–Trinajstić information content (AvgIpc) is 3.14. The molecule has 2 N–H and O–H groups in total. The van der Waals surface area contributed by atoms with E-state index in [1.807, 2.05) is 35.7 Å². The number of rotatable bonds is 3. The van der Waals surface area contributed by atoms with Crippen LogP contribution >= 0.6 is 35.1 Å². The summed E-state index contributed by atoms with van der Waals surface area (Å²) in [7, 11) is 0. The van der Waals surface area contributed by atoms with Gasteiger partial charge in [-0.3, -0.25) is 20.4 Å². The molecule has 1 heterocycles. The standard InChI is InChI=1S/C17H15ClN2O2S2/c18-14-4-2-1-3-13(14)16(22)20-19-15(21)11-5-7-12(8-6-11)17-23-9-10-24-17/h1-8,17H,9-10H2,(H,19,21)(H,20,22). The van der Waals surface area contributed by atoms with Gasteiger partial charge in [0.15, 0.2) is 0 Å². The lowest BCUT2D eigenvalue weighted by molar-refractivity contribution is 0.0846. The largest absolute Gasteiger partial charge is 0.271 e. The molecule has 0 bridgehead atoms. The van der Waals surface area contributed by atoms with Gasteiger partial charge in [0.1, 0.15) is 0 Å². The molecule has 4 nitrogen and oxygen atoms in total. The molecule has 0 saturated carbocycles. The maximum atomic E-state index is 12.1. The Morgan fingerprint density at radius 2 is 1.54 bits per heavy atom. The number of amides is 2. The number of thioether (sulfide) groups is 2. The zero-order valence-electron chi connectivity index (χ0n) is 12.6. The van der Waals surface area contributed by atoms with E-state index in [9.17, 15) is 9.59 Å². The number of carbonyl (C=O) groups is 2. The quantitative estimate of drug-likeness (QED) is 0.795. The van der Waals surface area contributed by atoms with Crippen LogP contribution in [0.2, 0.25) is 5.02 Å². The number of halogens is 1. The summed E-state index contributed by atoms with van der Waals surface area (Å²) in [5, 5.41) is 0.333. The van der Waals surface area contributed by atoms with Crippen LogP contribution in [0.25, 0.3) is 0 Å². The van der Waals surface area contributed by atoms with Crippen LogP contribution in [0.15, 0.2) is 48.5 Å². The van der Waals surface area contributed by atoms with Gasteiger partial charge in [0, 0.05) is 17.1 Å². The minimum Gasteiger partial charge on any atom is -0.267 e. The van der Waals surface area contributed by atoms with Crippen molar-refractivity contribution in [2.24, 2.45) is 0 Å². The number of nitrogens with one attached hydrogen (secondary N) is 2. The molecular weight excluding hydrogens is 364 g/mol. The third kappa shape index (κ3) is 4.06. The van der Waals surface area contributed by atoms with Crippen LogP contribution in [-0.4, -0.2) is 23.3 Å². The highest BCUT2D eigenvalue weighted by Gasteiger charge is 2.18. The summed E-state index contributed by atoms with van der Waals surface area (Å²) < 4.78 is 0.446. The lowest BCUT2D eigenvalue weighted by Crippen LogP contribution is -2.41. The van der Waals surface area contributed by atoms with Gasteiger partial charge in [-0.05, 0) is 29.8 Å². The second-order valence-corrected chi connectivity index (χ2v) is 8.22. The first-order chi connectivity index (χ1) is 11.6. The minimum atomic E-state index is -0.454. The highest BCUT2D eigenvalue weighted by atomic mass is 35.5. The summed E-state index contributed by atoms with van der Waals surface area (Å²) in [5.74, 6) is 1.50. The number of hydrogen-bond acceptors (Lipinski definition) is 4. The van der Waals surface area contributed by atoms with E-state index in [0.29, 0.717) is 20.7 Å². The topological polar surface area (TPSA) is 58.2 Å². The highest BCUT2D eigenvalue weighted by Crippen LogP contribution is 2.45. The van der Waals surface area contributed by atoms with Crippen LogP contribution < -0.4 is 10.9 Å². The van der Waals surface area contributed by atoms with E-state index in [1.165, 1.54) is 5.56 Å². The highest BCUT2D eigenvalue weighted by molar-refractivity contribution is 8.19. The second kappa shape index (κ2) is 7.96. The van der Waals surface area contributed by atoms with Crippen molar-refractivity contribution in [3.05, 3.63) is 70.2 Å². The van der Waals surface area contributed by atoms with Crippen LogP contribution in [-0.2, 0) is 0 Å². The van der Waals surface area contributed by atoms with Gasteiger partial charge in [-0.1, -0.05) is 35.9 Å². The molecule has 0 radical (unpaired) electrons. The molecule has 1 saturated heterocycles. The third-order valence-electron chi connectivity index (χ3n) is 3.47. The SMILES string of the molecule is O=C(NNC(=O)c1ccccc1Cl)c1ccc(C2SCCS2)cc1. The molecule has 2 aromatic carbocycles. The maximum Gasteiger partial charge on any atom is 0.271 e. The first kappa shape index (κ1) is 17.2. The first-order valence-corrected chi connectivity index (χ1v) is 9.81. The average molecular weight is 379 g/mol. The van der Waals surface area contributed by atoms with Crippen molar-refractivity contribution in [1.29, 1.82) is 0 Å². The zero-order valence-corrected chi connectivity index (χ0v) is 15.0. The fraction of sp³-hybridized carbons (Fsp3) is 0.176. The van der Waals surface area contributed by atoms with Crippen LogP contribution in [0.5, 0.6) is 0 Å². The summed E-state index contributed by atoms with van der Waals surface area (Å²) in [5.41, 5.74) is 6.79. The van der Waals surface area contributed by atoms with Crippen molar-refractivity contribution in [2.75, 3.05) is 11.5 Å². The van der Waals surface area contributed by atoms with Crippen LogP contribution in [0.4, 0.5) is 0 Å². The molecule has 0 atom stereocenters. The summed E-state index contributed by atoms with van der Waals surface area (Å²) >= 11 is 9.79. The van der Waals surface area contributed by atoms with Gasteiger partial charge in [-0.2, -0.15) is 0 Å². The van der Waals surface area contributed by atoms with Gasteiger partial charge in [0.05, 0.1) is 15.2 Å². The zero-order chi connectivity index (χ0) is 16.9. The van der Waals surface area contributed by atoms with E-state index in [1.54, 1.807) is 36.4 Å². The van der Waals surface area contributed by atoms with E-state index in [0.717, 1.165) is 11.5 Å². The van der Waals surface area contributed by atoms with E-state index in [-0.39, 0.29) is 5.91 Å². The molecule has 24 heavy (non-hydrogen) atoms. The van der Waals surface area contributed by atoms with E-state index in [4.69, 9.17) is 11.6 Å². The molecule has 0 unspecified atom stereocenters. The Balaban J connectivity index is 1.58.